The molecule has 0 bridgehead atoms. The number of rotatable bonds is 3. The van der Waals surface area contributed by atoms with E-state index in [4.69, 9.17) is 4.42 Å². The molecule has 4 nitrogen and oxygen atoms in total. The predicted molar refractivity (Wildman–Crippen MR) is 66.8 cm³/mol. The van der Waals surface area contributed by atoms with E-state index in [1.165, 1.54) is 0 Å². The van der Waals surface area contributed by atoms with Crippen molar-refractivity contribution >= 4 is 22.9 Å². The van der Waals surface area contributed by atoms with Gasteiger partial charge in [-0.3, -0.25) is 0 Å². The lowest BCUT2D eigenvalue weighted by Gasteiger charge is -1.97. The minimum atomic E-state index is 0.694. The first-order valence-corrected chi connectivity index (χ1v) is 6.26. The van der Waals surface area contributed by atoms with Crippen LogP contribution in [0.15, 0.2) is 46.2 Å². The van der Waals surface area contributed by atoms with Crippen molar-refractivity contribution in [2.75, 3.05) is 0 Å². The Labute approximate surface area is 103 Å². The summed E-state index contributed by atoms with van der Waals surface area (Å²) in [7, 11) is 1.97. The Balaban J connectivity index is 1.79. The van der Waals surface area contributed by atoms with Crippen molar-refractivity contribution in [1.29, 1.82) is 0 Å². The van der Waals surface area contributed by atoms with Crippen LogP contribution in [0.25, 0.3) is 11.1 Å². The molecule has 3 aromatic rings. The fourth-order valence-electron chi connectivity index (χ4n) is 1.60. The number of benzene rings is 1. The molecule has 0 atom stereocenters. The quantitative estimate of drug-likeness (QED) is 0.665. The van der Waals surface area contributed by atoms with Crippen LogP contribution in [0, 0.1) is 0 Å². The van der Waals surface area contributed by atoms with Gasteiger partial charge in [0.05, 0.1) is 5.75 Å². The van der Waals surface area contributed by atoms with Crippen molar-refractivity contribution < 1.29 is 4.42 Å². The number of fused-ring (bicyclic) bond motifs is 1. The summed E-state index contributed by atoms with van der Waals surface area (Å²) < 4.78 is 7.62. The van der Waals surface area contributed by atoms with Crippen molar-refractivity contribution in [3.63, 3.8) is 0 Å². The second-order valence-corrected chi connectivity index (χ2v) is 4.63. The Kier molecular flexibility index (Phi) is 2.60. The van der Waals surface area contributed by atoms with Crippen LogP contribution >= 0.6 is 11.8 Å². The van der Waals surface area contributed by atoms with Gasteiger partial charge in [-0.25, -0.2) is 9.97 Å². The number of hydrogen-bond acceptors (Lipinski definition) is 4. The zero-order chi connectivity index (χ0) is 11.7. The Morgan fingerprint density at radius 2 is 2.24 bits per heavy atom. The Morgan fingerprint density at radius 1 is 1.35 bits per heavy atom. The van der Waals surface area contributed by atoms with Gasteiger partial charge in [-0.15, -0.1) is 0 Å². The van der Waals surface area contributed by atoms with Gasteiger partial charge in [0.1, 0.15) is 5.52 Å². The number of aryl methyl sites for hydroxylation is 1. The Hall–Kier alpha value is -1.75. The van der Waals surface area contributed by atoms with Crippen molar-refractivity contribution in [1.82, 2.24) is 14.5 Å². The SMILES string of the molecule is Cn1ccnc1SCc1nc2ccccc2o1. The van der Waals surface area contributed by atoms with E-state index in [0.717, 1.165) is 22.1 Å². The lowest BCUT2D eigenvalue weighted by Crippen LogP contribution is -1.89. The highest BCUT2D eigenvalue weighted by Gasteiger charge is 2.07. The van der Waals surface area contributed by atoms with E-state index >= 15 is 0 Å². The molecule has 3 rings (SSSR count). The van der Waals surface area contributed by atoms with Crippen LogP contribution in [0.2, 0.25) is 0 Å². The van der Waals surface area contributed by atoms with Crippen LogP contribution in [0.4, 0.5) is 0 Å². The van der Waals surface area contributed by atoms with Gasteiger partial charge in [-0.2, -0.15) is 0 Å². The third-order valence-electron chi connectivity index (χ3n) is 2.44. The zero-order valence-corrected chi connectivity index (χ0v) is 10.1. The molecule has 0 amide bonds. The first-order valence-electron chi connectivity index (χ1n) is 5.27. The maximum atomic E-state index is 5.64. The molecule has 0 N–H and O–H groups in total. The summed E-state index contributed by atoms with van der Waals surface area (Å²) in [5, 5.41) is 0.965. The highest BCUT2D eigenvalue weighted by Crippen LogP contribution is 2.22. The van der Waals surface area contributed by atoms with E-state index in [-0.39, 0.29) is 0 Å². The summed E-state index contributed by atoms with van der Waals surface area (Å²) in [4.78, 5) is 8.66. The molecule has 0 aliphatic rings. The number of thioether (sulfide) groups is 1. The van der Waals surface area contributed by atoms with Crippen LogP contribution in [-0.4, -0.2) is 14.5 Å². The van der Waals surface area contributed by atoms with Crippen LogP contribution in [0.5, 0.6) is 0 Å². The van der Waals surface area contributed by atoms with Gasteiger partial charge in [0.15, 0.2) is 10.7 Å². The summed E-state index contributed by atoms with van der Waals surface area (Å²) in [5.41, 5.74) is 1.74. The molecule has 0 aliphatic heterocycles. The van der Waals surface area contributed by atoms with Gasteiger partial charge in [0.25, 0.3) is 0 Å². The van der Waals surface area contributed by atoms with Crippen molar-refractivity contribution in [3.05, 3.63) is 42.5 Å². The van der Waals surface area contributed by atoms with Gasteiger partial charge in [0.2, 0.25) is 5.89 Å². The van der Waals surface area contributed by atoms with Gasteiger partial charge < -0.3 is 8.98 Å². The molecule has 2 aromatic heterocycles. The molecule has 0 radical (unpaired) electrons. The zero-order valence-electron chi connectivity index (χ0n) is 9.33. The van der Waals surface area contributed by atoms with Crippen LogP contribution < -0.4 is 0 Å². The summed E-state index contributed by atoms with van der Waals surface area (Å²) in [5.74, 6) is 1.43. The topological polar surface area (TPSA) is 43.9 Å². The maximum absolute atomic E-state index is 5.64. The van der Waals surface area contributed by atoms with Crippen molar-refractivity contribution in [3.8, 4) is 0 Å². The highest BCUT2D eigenvalue weighted by molar-refractivity contribution is 7.98. The van der Waals surface area contributed by atoms with Crippen molar-refractivity contribution in [2.45, 2.75) is 10.9 Å². The minimum absolute atomic E-state index is 0.694. The van der Waals surface area contributed by atoms with E-state index in [1.54, 1.807) is 18.0 Å². The maximum Gasteiger partial charge on any atom is 0.205 e. The second-order valence-electron chi connectivity index (χ2n) is 3.68. The summed E-state index contributed by atoms with van der Waals surface area (Å²) >= 11 is 1.62. The molecular weight excluding hydrogens is 234 g/mol. The third kappa shape index (κ3) is 2.06. The molecule has 0 saturated heterocycles. The average molecular weight is 245 g/mol. The van der Waals surface area contributed by atoms with Crippen LogP contribution in [0.1, 0.15) is 5.89 Å². The molecule has 2 heterocycles. The number of hydrogen-bond donors (Lipinski definition) is 0. The fraction of sp³-hybridized carbons (Fsp3) is 0.167. The third-order valence-corrected chi connectivity index (χ3v) is 3.48. The average Bonchev–Trinajstić information content (AvgIpc) is 2.92. The Bertz CT molecular complexity index is 611. The molecule has 0 fully saturated rings. The fourth-order valence-corrected chi connectivity index (χ4v) is 2.37. The van der Waals surface area contributed by atoms with E-state index in [1.807, 2.05) is 42.1 Å². The monoisotopic (exact) mass is 245 g/mol. The van der Waals surface area contributed by atoms with E-state index in [0.29, 0.717) is 5.75 Å². The molecule has 17 heavy (non-hydrogen) atoms. The van der Waals surface area contributed by atoms with Gasteiger partial charge >= 0.3 is 0 Å². The standard InChI is InChI=1S/C12H11N3OS/c1-15-7-6-13-12(15)17-8-11-14-9-4-2-3-5-10(9)16-11/h2-7H,8H2,1H3. The second kappa shape index (κ2) is 4.25. The largest absolute Gasteiger partial charge is 0.440 e. The summed E-state index contributed by atoms with van der Waals surface area (Å²) in [6.45, 7) is 0. The molecule has 5 heteroatoms. The number of nitrogens with zero attached hydrogens (tertiary/aromatic N) is 3. The highest BCUT2D eigenvalue weighted by atomic mass is 32.2. The number of para-hydroxylation sites is 2. The molecule has 0 aliphatic carbocycles. The van der Waals surface area contributed by atoms with E-state index in [2.05, 4.69) is 9.97 Å². The molecular formula is C12H11N3OS. The lowest BCUT2D eigenvalue weighted by atomic mass is 10.3. The molecule has 0 saturated carbocycles. The molecule has 1 aromatic carbocycles. The van der Waals surface area contributed by atoms with Gasteiger partial charge in [-0.05, 0) is 12.1 Å². The summed E-state index contributed by atoms with van der Waals surface area (Å²) in [6, 6.07) is 7.79. The lowest BCUT2D eigenvalue weighted by molar-refractivity contribution is 0.555. The van der Waals surface area contributed by atoms with Gasteiger partial charge in [0, 0.05) is 19.4 Å². The van der Waals surface area contributed by atoms with Crippen LogP contribution in [0.3, 0.4) is 0 Å². The van der Waals surface area contributed by atoms with Gasteiger partial charge in [-0.1, -0.05) is 23.9 Å². The predicted octanol–water partition coefficient (Wildman–Crippen LogP) is 2.85. The summed E-state index contributed by atoms with van der Waals surface area (Å²) in [6.07, 6.45) is 3.71. The molecule has 0 spiro atoms. The first kappa shape index (κ1) is 10.4. The van der Waals surface area contributed by atoms with Crippen LogP contribution in [-0.2, 0) is 12.8 Å². The minimum Gasteiger partial charge on any atom is -0.440 e. The normalized spacial score (nSPS) is 11.1. The van der Waals surface area contributed by atoms with E-state index < -0.39 is 0 Å². The molecule has 86 valence electrons. The molecule has 0 unspecified atom stereocenters. The smallest absolute Gasteiger partial charge is 0.205 e. The Morgan fingerprint density at radius 3 is 3.00 bits per heavy atom. The number of aromatic nitrogens is 3. The number of oxazole rings is 1. The van der Waals surface area contributed by atoms with E-state index in [9.17, 15) is 0 Å². The number of imidazole rings is 1. The first-order chi connectivity index (χ1) is 8.33. The van der Waals surface area contributed by atoms with Crippen molar-refractivity contribution in [2.24, 2.45) is 7.05 Å².